The SMILES string of the molecule is [B]P[SiH3].[O]=[V].[O]=[V].[O]=[V]. The third kappa shape index (κ3) is 175. The van der Waals surface area contributed by atoms with E-state index in [1.165, 1.54) is 9.91 Å². The van der Waals surface area contributed by atoms with E-state index in [0.29, 0.717) is 0 Å². The summed E-state index contributed by atoms with van der Waals surface area (Å²) < 4.78 is 24.6. The molecule has 3 nitrogen and oxygen atoms in total. The van der Waals surface area contributed by atoms with E-state index in [-0.39, 0.29) is 0 Å². The van der Waals surface area contributed by atoms with Gasteiger partial charge in [0.15, 0.2) is 0 Å². The molecule has 9 heteroatoms. The summed E-state index contributed by atoms with van der Waals surface area (Å²) in [6.07, 6.45) is 0. The van der Waals surface area contributed by atoms with Gasteiger partial charge in [-0.25, -0.2) is 0 Å². The van der Waals surface area contributed by atoms with Crippen molar-refractivity contribution in [1.29, 1.82) is 0 Å². The van der Waals surface area contributed by atoms with Crippen molar-refractivity contribution >= 4 is 25.5 Å². The summed E-state index contributed by atoms with van der Waals surface area (Å²) in [6.45, 7) is 0. The van der Waals surface area contributed by atoms with Crippen LogP contribution >= 0.6 is 8.01 Å². The van der Waals surface area contributed by atoms with Gasteiger partial charge in [-0.1, -0.05) is 0 Å². The van der Waals surface area contributed by atoms with E-state index in [1.54, 1.807) is 0 Å². The Balaban J connectivity index is -0.0000000190. The van der Waals surface area contributed by atoms with Crippen LogP contribution in [0.1, 0.15) is 0 Å². The predicted molar refractivity (Wildman–Crippen MR) is 26.1 cm³/mol. The van der Waals surface area contributed by atoms with Gasteiger partial charge in [0.25, 0.3) is 0 Å². The van der Waals surface area contributed by atoms with E-state index in [2.05, 4.69) is 0 Å². The summed E-state index contributed by atoms with van der Waals surface area (Å²) in [5, 5.41) is 0. The third-order valence-electron chi connectivity index (χ3n) is 0. The van der Waals surface area contributed by atoms with Crippen molar-refractivity contribution in [1.82, 2.24) is 0 Å². The first kappa shape index (κ1) is 22.4. The van der Waals surface area contributed by atoms with Crippen LogP contribution in [0.25, 0.3) is 0 Å². The van der Waals surface area contributed by atoms with Crippen molar-refractivity contribution in [2.45, 2.75) is 0 Å². The molecule has 9 heavy (non-hydrogen) atoms. The molecule has 0 fully saturated rings. The molecule has 0 heterocycles. The summed E-state index contributed by atoms with van der Waals surface area (Å²) >= 11 is 3.19. The zero-order valence-electron chi connectivity index (χ0n) is 4.64. The molecule has 0 aromatic rings. The Bertz CT molecular complexity index is 30.3. The van der Waals surface area contributed by atoms with Crippen LogP contribution in [0.2, 0.25) is 0 Å². The molecule has 1 atom stereocenters. The van der Waals surface area contributed by atoms with Crippen LogP contribution in [0.3, 0.4) is 0 Å². The summed E-state index contributed by atoms with van der Waals surface area (Å²) in [7, 11) is 6.83. The molecule has 0 aromatic carbocycles. The van der Waals surface area contributed by atoms with Crippen molar-refractivity contribution in [2.24, 2.45) is 0 Å². The normalized spacial score (nSPS) is 4.56. The van der Waals surface area contributed by atoms with Crippen LogP contribution in [0.5, 0.6) is 0 Å². The molecule has 0 aliphatic carbocycles. The maximum absolute atomic E-state index is 8.19. The Kier molecular flexibility index (Phi) is 235. The van der Waals surface area contributed by atoms with Gasteiger partial charge in [-0.3, -0.25) is 0 Å². The molecule has 0 aliphatic heterocycles. The topological polar surface area (TPSA) is 51.2 Å². The molecule has 0 amide bonds. The average molecular weight is 275 g/mol. The maximum atomic E-state index is 8.19. The summed E-state index contributed by atoms with van der Waals surface area (Å²) in [4.78, 5) is 0. The molecule has 0 aliphatic rings. The van der Waals surface area contributed by atoms with E-state index in [9.17, 15) is 0 Å². The standard InChI is InChI=1S/BH4PSi.3O.3V/c1-2-3;;;;;;/h2H,3H3;;;;;;. The van der Waals surface area contributed by atoms with Crippen molar-refractivity contribution in [2.75, 3.05) is 0 Å². The molecule has 0 saturated carbocycles. The van der Waals surface area contributed by atoms with E-state index in [0.717, 1.165) is 60.1 Å². The second-order valence-corrected chi connectivity index (χ2v) is 2.60. The molecule has 0 spiro atoms. The average Bonchev–Trinajstić information content (AvgIpc) is 2.01. The zero-order valence-corrected chi connectivity index (χ0v) is 11.8. The van der Waals surface area contributed by atoms with Crippen LogP contribution in [0.15, 0.2) is 0 Å². The van der Waals surface area contributed by atoms with Gasteiger partial charge in [-0.2, -0.15) is 8.01 Å². The first-order chi connectivity index (χ1) is 4.41. The van der Waals surface area contributed by atoms with Crippen molar-refractivity contribution in [3.63, 3.8) is 0 Å². The van der Waals surface area contributed by atoms with Gasteiger partial charge in [-0.05, 0) is 0 Å². The van der Waals surface area contributed by atoms with E-state index < -0.39 is 0 Å². The van der Waals surface area contributed by atoms with Gasteiger partial charge in [0, 0.05) is 9.91 Å². The van der Waals surface area contributed by atoms with Crippen molar-refractivity contribution < 1.29 is 63.1 Å². The molecule has 0 bridgehead atoms. The minimum atomic E-state index is 0.722. The number of hydrogen-bond donors (Lipinski definition) is 0. The second-order valence-electron chi connectivity index (χ2n) is 0.289. The van der Waals surface area contributed by atoms with Crippen LogP contribution < -0.4 is 0 Å². The Morgan fingerprint density at radius 3 is 1.00 bits per heavy atom. The molecule has 49 valence electrons. The quantitative estimate of drug-likeness (QED) is 0.406. The number of hydrogen-bond acceptors (Lipinski definition) is 3. The minimum absolute atomic E-state index is 0.722. The van der Waals surface area contributed by atoms with Crippen molar-refractivity contribution in [3.8, 4) is 0 Å². The molecular weight excluding hydrogens is 271 g/mol. The fraction of sp³-hybridized carbons (Fsp3) is 0. The summed E-state index contributed by atoms with van der Waals surface area (Å²) in [5.74, 6) is 0. The van der Waals surface area contributed by atoms with E-state index in [4.69, 9.17) is 18.6 Å². The van der Waals surface area contributed by atoms with Crippen LogP contribution in [-0.2, 0) is 63.1 Å². The first-order valence-corrected chi connectivity index (χ1v) is 7.62. The van der Waals surface area contributed by atoms with Gasteiger partial charge in [-0.15, -0.1) is 0 Å². The zero-order chi connectivity index (χ0) is 8.71. The van der Waals surface area contributed by atoms with Crippen LogP contribution in [0, 0.1) is 0 Å². The van der Waals surface area contributed by atoms with E-state index >= 15 is 0 Å². The summed E-state index contributed by atoms with van der Waals surface area (Å²) in [6, 6.07) is 0. The van der Waals surface area contributed by atoms with E-state index in [1.807, 2.05) is 0 Å². The van der Waals surface area contributed by atoms with Gasteiger partial charge in [0.05, 0.1) is 7.57 Å². The molecule has 0 saturated heterocycles. The molecular formula is H4BO3PSiV3. The Hall–Kier alpha value is 1.87. The van der Waals surface area contributed by atoms with Gasteiger partial charge in [0.1, 0.15) is 0 Å². The van der Waals surface area contributed by atoms with Gasteiger partial charge >= 0.3 is 63.1 Å². The fourth-order valence-corrected chi connectivity index (χ4v) is 0. The van der Waals surface area contributed by atoms with Crippen LogP contribution in [0.4, 0.5) is 0 Å². The molecule has 0 N–H and O–H groups in total. The fourth-order valence-electron chi connectivity index (χ4n) is 0. The van der Waals surface area contributed by atoms with Gasteiger partial charge < -0.3 is 0 Å². The number of rotatable bonds is 0. The monoisotopic (exact) mass is 275 g/mol. The Labute approximate surface area is 87.9 Å². The third-order valence-corrected chi connectivity index (χ3v) is 0. The Morgan fingerprint density at radius 1 is 1.00 bits per heavy atom. The Morgan fingerprint density at radius 2 is 1.00 bits per heavy atom. The van der Waals surface area contributed by atoms with Crippen LogP contribution in [-0.4, -0.2) is 17.5 Å². The molecule has 0 aromatic heterocycles. The second kappa shape index (κ2) is 94.4. The van der Waals surface area contributed by atoms with Gasteiger partial charge in [0.2, 0.25) is 0 Å². The first-order valence-electron chi connectivity index (χ1n) is 1.34. The summed E-state index contributed by atoms with van der Waals surface area (Å²) in [5.41, 5.74) is 0. The molecule has 1 unspecified atom stereocenters. The predicted octanol–water partition coefficient (Wildman–Crippen LogP) is -1.34. The molecule has 2 radical (unpaired) electrons. The molecule has 0 rings (SSSR count). The van der Waals surface area contributed by atoms with Crippen molar-refractivity contribution in [3.05, 3.63) is 0 Å².